The van der Waals surface area contributed by atoms with Gasteiger partial charge in [0.15, 0.2) is 0 Å². The van der Waals surface area contributed by atoms with Gasteiger partial charge in [0.2, 0.25) is 0 Å². The molecule has 1 heterocycles. The number of thiazole rings is 1. The molecule has 3 N–H and O–H groups in total. The first-order valence-electron chi connectivity index (χ1n) is 5.61. The van der Waals surface area contributed by atoms with Gasteiger partial charge < -0.3 is 11.1 Å². The molecule has 0 spiro atoms. The van der Waals surface area contributed by atoms with Gasteiger partial charge in [0.05, 0.1) is 11.3 Å². The van der Waals surface area contributed by atoms with E-state index in [-0.39, 0.29) is 5.91 Å². The van der Waals surface area contributed by atoms with Crippen LogP contribution in [0.25, 0.3) is 0 Å². The fourth-order valence-corrected chi connectivity index (χ4v) is 2.27. The highest BCUT2D eigenvalue weighted by Crippen LogP contribution is 2.19. The van der Waals surface area contributed by atoms with Crippen LogP contribution in [-0.4, -0.2) is 10.9 Å². The third-order valence-corrected chi connectivity index (χ3v) is 3.46. The molecule has 6 heteroatoms. The minimum atomic E-state index is -0.335. The van der Waals surface area contributed by atoms with Gasteiger partial charge in [-0.25, -0.2) is 4.98 Å². The Bertz CT molecular complexity index is 657. The second kappa shape index (κ2) is 5.61. The second-order valence-electron chi connectivity index (χ2n) is 3.89. The summed E-state index contributed by atoms with van der Waals surface area (Å²) in [6, 6.07) is 7.39. The lowest BCUT2D eigenvalue weighted by Crippen LogP contribution is -2.14. The number of amides is 1. The van der Waals surface area contributed by atoms with E-state index in [0.29, 0.717) is 28.5 Å². The van der Waals surface area contributed by atoms with Crippen LogP contribution < -0.4 is 11.1 Å². The molecule has 1 amide bonds. The standard InChI is InChI=1S/C13H12N4OS/c1-8-3-2-4-10(9(8)5-14)17-13(18)11-7-19-12(6-15)16-11/h2-4,7H,6,15H2,1H3,(H,17,18). The summed E-state index contributed by atoms with van der Waals surface area (Å²) in [5, 5.41) is 14.1. The van der Waals surface area contributed by atoms with Crippen molar-refractivity contribution in [2.45, 2.75) is 13.5 Å². The number of aryl methyl sites for hydroxylation is 1. The highest BCUT2D eigenvalue weighted by molar-refractivity contribution is 7.09. The lowest BCUT2D eigenvalue weighted by atomic mass is 10.1. The SMILES string of the molecule is Cc1cccc(NC(=O)c2csc(CN)n2)c1C#N. The first-order chi connectivity index (χ1) is 9.15. The maximum Gasteiger partial charge on any atom is 0.275 e. The molecule has 0 radical (unpaired) electrons. The Labute approximate surface area is 114 Å². The average molecular weight is 272 g/mol. The van der Waals surface area contributed by atoms with Gasteiger partial charge in [-0.2, -0.15) is 5.26 Å². The summed E-state index contributed by atoms with van der Waals surface area (Å²) < 4.78 is 0. The molecule has 0 saturated carbocycles. The average Bonchev–Trinajstić information content (AvgIpc) is 2.88. The Balaban J connectivity index is 2.24. The number of benzene rings is 1. The number of carbonyl (C=O) groups excluding carboxylic acids is 1. The highest BCUT2D eigenvalue weighted by Gasteiger charge is 2.13. The molecule has 0 bridgehead atoms. The summed E-state index contributed by atoms with van der Waals surface area (Å²) in [6.07, 6.45) is 0. The van der Waals surface area contributed by atoms with Gasteiger partial charge in [0, 0.05) is 11.9 Å². The van der Waals surface area contributed by atoms with Crippen LogP contribution in [0.1, 0.15) is 26.6 Å². The topological polar surface area (TPSA) is 91.8 Å². The van der Waals surface area contributed by atoms with Crippen LogP contribution in [0.3, 0.4) is 0 Å². The third kappa shape index (κ3) is 2.78. The maximum absolute atomic E-state index is 12.0. The summed E-state index contributed by atoms with van der Waals surface area (Å²) in [4.78, 5) is 16.1. The molecule has 0 unspecified atom stereocenters. The zero-order chi connectivity index (χ0) is 13.8. The van der Waals surface area contributed by atoms with Crippen molar-refractivity contribution in [3.63, 3.8) is 0 Å². The van der Waals surface area contributed by atoms with E-state index in [1.165, 1.54) is 11.3 Å². The summed E-state index contributed by atoms with van der Waals surface area (Å²) in [5.74, 6) is -0.335. The molecule has 0 aliphatic carbocycles. The van der Waals surface area contributed by atoms with E-state index < -0.39 is 0 Å². The van der Waals surface area contributed by atoms with E-state index in [2.05, 4.69) is 16.4 Å². The molecular weight excluding hydrogens is 260 g/mol. The fourth-order valence-electron chi connectivity index (χ4n) is 1.62. The van der Waals surface area contributed by atoms with E-state index >= 15 is 0 Å². The monoisotopic (exact) mass is 272 g/mol. The molecule has 5 nitrogen and oxygen atoms in total. The summed E-state index contributed by atoms with van der Waals surface area (Å²) in [6.45, 7) is 2.13. The Morgan fingerprint density at radius 2 is 2.37 bits per heavy atom. The maximum atomic E-state index is 12.0. The molecule has 0 aliphatic heterocycles. The summed E-state index contributed by atoms with van der Waals surface area (Å²) in [5.41, 5.74) is 7.55. The van der Waals surface area contributed by atoms with Crippen LogP contribution in [0, 0.1) is 18.3 Å². The largest absolute Gasteiger partial charge is 0.325 e. The van der Waals surface area contributed by atoms with Crippen molar-refractivity contribution in [3.05, 3.63) is 45.4 Å². The van der Waals surface area contributed by atoms with E-state index in [1.54, 1.807) is 17.5 Å². The van der Waals surface area contributed by atoms with E-state index in [1.807, 2.05) is 13.0 Å². The molecule has 2 aromatic rings. The Morgan fingerprint density at radius 1 is 1.58 bits per heavy atom. The zero-order valence-electron chi connectivity index (χ0n) is 10.3. The smallest absolute Gasteiger partial charge is 0.275 e. The molecule has 1 aromatic heterocycles. The van der Waals surface area contributed by atoms with Crippen LogP contribution >= 0.6 is 11.3 Å². The van der Waals surface area contributed by atoms with Crippen molar-refractivity contribution in [1.82, 2.24) is 4.98 Å². The molecule has 0 fully saturated rings. The van der Waals surface area contributed by atoms with Gasteiger partial charge in [-0.05, 0) is 18.6 Å². The number of rotatable bonds is 3. The normalized spacial score (nSPS) is 9.95. The Kier molecular flexibility index (Phi) is 3.90. The highest BCUT2D eigenvalue weighted by atomic mass is 32.1. The number of carbonyl (C=O) groups is 1. The number of anilines is 1. The van der Waals surface area contributed by atoms with Gasteiger partial charge in [-0.15, -0.1) is 11.3 Å². The molecule has 19 heavy (non-hydrogen) atoms. The number of nitrogens with zero attached hydrogens (tertiary/aromatic N) is 2. The molecule has 0 saturated heterocycles. The van der Waals surface area contributed by atoms with E-state index in [0.717, 1.165) is 5.56 Å². The molecule has 96 valence electrons. The van der Waals surface area contributed by atoms with Crippen LogP contribution in [0.15, 0.2) is 23.6 Å². The third-order valence-electron chi connectivity index (χ3n) is 2.59. The van der Waals surface area contributed by atoms with Crippen molar-refractivity contribution < 1.29 is 4.79 Å². The van der Waals surface area contributed by atoms with Crippen molar-refractivity contribution in [1.29, 1.82) is 5.26 Å². The van der Waals surface area contributed by atoms with Gasteiger partial charge in [0.1, 0.15) is 16.8 Å². The lowest BCUT2D eigenvalue weighted by molar-refractivity contribution is 0.102. The van der Waals surface area contributed by atoms with E-state index in [9.17, 15) is 4.79 Å². The lowest BCUT2D eigenvalue weighted by Gasteiger charge is -2.07. The summed E-state index contributed by atoms with van der Waals surface area (Å²) >= 11 is 1.34. The minimum absolute atomic E-state index is 0.311. The Hall–Kier alpha value is -2.23. The minimum Gasteiger partial charge on any atom is -0.325 e. The van der Waals surface area contributed by atoms with Gasteiger partial charge in [0.25, 0.3) is 5.91 Å². The van der Waals surface area contributed by atoms with Crippen molar-refractivity contribution >= 4 is 22.9 Å². The molecular formula is C13H12N4OS. The first kappa shape index (κ1) is 13.2. The van der Waals surface area contributed by atoms with Crippen LogP contribution in [0.5, 0.6) is 0 Å². The van der Waals surface area contributed by atoms with E-state index in [4.69, 9.17) is 11.0 Å². The quantitative estimate of drug-likeness (QED) is 0.894. The van der Waals surface area contributed by atoms with Gasteiger partial charge in [-0.3, -0.25) is 4.79 Å². The number of nitrogens with two attached hydrogens (primary N) is 1. The van der Waals surface area contributed by atoms with Crippen molar-refractivity contribution in [2.75, 3.05) is 5.32 Å². The number of nitrogens with one attached hydrogen (secondary N) is 1. The van der Waals surface area contributed by atoms with Crippen molar-refractivity contribution in [2.24, 2.45) is 5.73 Å². The second-order valence-corrected chi connectivity index (χ2v) is 4.84. The number of nitriles is 1. The summed E-state index contributed by atoms with van der Waals surface area (Å²) in [7, 11) is 0. The molecule has 0 aliphatic rings. The Morgan fingerprint density at radius 3 is 3.00 bits per heavy atom. The number of hydrogen-bond donors (Lipinski definition) is 2. The zero-order valence-corrected chi connectivity index (χ0v) is 11.1. The van der Waals surface area contributed by atoms with Crippen LogP contribution in [0.4, 0.5) is 5.69 Å². The molecule has 0 atom stereocenters. The number of hydrogen-bond acceptors (Lipinski definition) is 5. The van der Waals surface area contributed by atoms with Crippen LogP contribution in [0.2, 0.25) is 0 Å². The fraction of sp³-hybridized carbons (Fsp3) is 0.154. The van der Waals surface area contributed by atoms with Crippen molar-refractivity contribution in [3.8, 4) is 6.07 Å². The predicted octanol–water partition coefficient (Wildman–Crippen LogP) is 2.03. The van der Waals surface area contributed by atoms with Crippen LogP contribution in [-0.2, 0) is 6.54 Å². The van der Waals surface area contributed by atoms with Gasteiger partial charge >= 0.3 is 0 Å². The predicted molar refractivity (Wildman–Crippen MR) is 73.9 cm³/mol. The van der Waals surface area contributed by atoms with Gasteiger partial charge in [-0.1, -0.05) is 12.1 Å². The first-order valence-corrected chi connectivity index (χ1v) is 6.49. The molecule has 1 aromatic carbocycles. The number of aromatic nitrogens is 1. The molecule has 2 rings (SSSR count).